The van der Waals surface area contributed by atoms with Crippen LogP contribution >= 0.6 is 12.2 Å². The first-order valence-corrected chi connectivity index (χ1v) is 8.79. The van der Waals surface area contributed by atoms with Crippen LogP contribution in [0.3, 0.4) is 0 Å². The predicted molar refractivity (Wildman–Crippen MR) is 107 cm³/mol. The van der Waals surface area contributed by atoms with E-state index >= 15 is 0 Å². The summed E-state index contributed by atoms with van der Waals surface area (Å²) < 4.78 is 5.37. The van der Waals surface area contributed by atoms with Crippen LogP contribution in [0, 0.1) is 0 Å². The van der Waals surface area contributed by atoms with Gasteiger partial charge in [0.05, 0.1) is 17.9 Å². The Morgan fingerprint density at radius 2 is 1.79 bits per heavy atom. The van der Waals surface area contributed by atoms with Crippen molar-refractivity contribution in [3.05, 3.63) is 65.2 Å². The number of anilines is 1. The molecule has 0 spiro atoms. The summed E-state index contributed by atoms with van der Waals surface area (Å²) >= 11 is 5.12. The van der Waals surface area contributed by atoms with E-state index in [2.05, 4.69) is 5.32 Å². The summed E-state index contributed by atoms with van der Waals surface area (Å²) in [6.45, 7) is 2.41. The van der Waals surface area contributed by atoms with Gasteiger partial charge in [-0.05, 0) is 67.2 Å². The molecular weight excluding hydrogens is 380 g/mol. The molecule has 1 fully saturated rings. The highest BCUT2D eigenvalue weighted by atomic mass is 32.1. The lowest BCUT2D eigenvalue weighted by molar-refractivity contribution is -0.122. The minimum absolute atomic E-state index is 0.0677. The smallest absolute Gasteiger partial charge is 0.335 e. The van der Waals surface area contributed by atoms with Gasteiger partial charge in [-0.2, -0.15) is 0 Å². The molecule has 142 valence electrons. The van der Waals surface area contributed by atoms with E-state index in [-0.39, 0.29) is 16.2 Å². The summed E-state index contributed by atoms with van der Waals surface area (Å²) in [5.74, 6) is -1.58. The second-order valence-electron chi connectivity index (χ2n) is 5.81. The third kappa shape index (κ3) is 3.91. The first-order valence-electron chi connectivity index (χ1n) is 8.38. The number of rotatable bonds is 5. The zero-order chi connectivity index (χ0) is 20.3. The molecule has 1 aliphatic rings. The average molecular weight is 396 g/mol. The molecular formula is C20H16N2O5S. The van der Waals surface area contributed by atoms with Gasteiger partial charge in [-0.15, -0.1) is 0 Å². The molecule has 1 heterocycles. The number of ether oxygens (including phenoxy) is 1. The molecule has 8 heteroatoms. The number of carbonyl (C=O) groups excluding carboxylic acids is 2. The van der Waals surface area contributed by atoms with Crippen molar-refractivity contribution in [2.75, 3.05) is 11.5 Å². The maximum Gasteiger partial charge on any atom is 0.335 e. The molecule has 2 aromatic rings. The van der Waals surface area contributed by atoms with Gasteiger partial charge in [0.1, 0.15) is 11.3 Å². The lowest BCUT2D eigenvalue weighted by Crippen LogP contribution is -2.54. The molecule has 28 heavy (non-hydrogen) atoms. The maximum absolute atomic E-state index is 12.9. The van der Waals surface area contributed by atoms with Crippen molar-refractivity contribution in [2.45, 2.75) is 6.92 Å². The van der Waals surface area contributed by atoms with E-state index in [0.29, 0.717) is 23.6 Å². The number of nitrogens with zero attached hydrogens (tertiary/aromatic N) is 1. The van der Waals surface area contributed by atoms with Crippen molar-refractivity contribution < 1.29 is 24.2 Å². The molecule has 2 aromatic carbocycles. The van der Waals surface area contributed by atoms with E-state index in [1.807, 2.05) is 6.92 Å². The number of amides is 2. The minimum atomic E-state index is -1.08. The molecule has 0 radical (unpaired) electrons. The van der Waals surface area contributed by atoms with Crippen molar-refractivity contribution in [1.82, 2.24) is 5.32 Å². The largest absolute Gasteiger partial charge is 0.494 e. The summed E-state index contributed by atoms with van der Waals surface area (Å²) in [5, 5.41) is 11.4. The molecule has 0 unspecified atom stereocenters. The van der Waals surface area contributed by atoms with E-state index in [4.69, 9.17) is 22.1 Å². The molecule has 2 N–H and O–H groups in total. The van der Waals surface area contributed by atoms with Crippen LogP contribution in [-0.4, -0.2) is 34.6 Å². The Kier molecular flexibility index (Phi) is 5.51. The number of thiocarbonyl (C=S) groups is 1. The van der Waals surface area contributed by atoms with E-state index in [9.17, 15) is 14.4 Å². The fourth-order valence-corrected chi connectivity index (χ4v) is 2.92. The van der Waals surface area contributed by atoms with Gasteiger partial charge in [0.15, 0.2) is 5.11 Å². The van der Waals surface area contributed by atoms with Crippen LogP contribution < -0.4 is 15.0 Å². The van der Waals surface area contributed by atoms with Crippen LogP contribution in [0.25, 0.3) is 6.08 Å². The minimum Gasteiger partial charge on any atom is -0.494 e. The number of carboxylic acid groups (broad SMARTS) is 1. The quantitative estimate of drug-likeness (QED) is 0.458. The number of carboxylic acids is 1. The summed E-state index contributed by atoms with van der Waals surface area (Å²) in [6, 6.07) is 12.6. The normalized spacial score (nSPS) is 15.5. The highest BCUT2D eigenvalue weighted by molar-refractivity contribution is 7.80. The molecule has 0 aromatic heterocycles. The summed E-state index contributed by atoms with van der Waals surface area (Å²) in [7, 11) is 0. The second kappa shape index (κ2) is 8.01. The third-order valence-corrected chi connectivity index (χ3v) is 4.26. The molecule has 1 aliphatic heterocycles. The fourth-order valence-electron chi connectivity index (χ4n) is 2.64. The van der Waals surface area contributed by atoms with Gasteiger partial charge in [-0.1, -0.05) is 12.1 Å². The van der Waals surface area contributed by atoms with Gasteiger partial charge in [-0.25, -0.2) is 4.79 Å². The van der Waals surface area contributed by atoms with Crippen molar-refractivity contribution in [3.8, 4) is 5.75 Å². The fraction of sp³-hybridized carbons (Fsp3) is 0.100. The van der Waals surface area contributed by atoms with Crippen molar-refractivity contribution >= 4 is 46.9 Å². The highest BCUT2D eigenvalue weighted by Gasteiger charge is 2.34. The van der Waals surface area contributed by atoms with Crippen molar-refractivity contribution in [1.29, 1.82) is 0 Å². The Balaban J connectivity index is 1.92. The van der Waals surface area contributed by atoms with E-state index in [0.717, 1.165) is 4.90 Å². The summed E-state index contributed by atoms with van der Waals surface area (Å²) in [6.07, 6.45) is 1.47. The number of hydrogen-bond acceptors (Lipinski definition) is 5. The van der Waals surface area contributed by atoms with Crippen LogP contribution in [0.4, 0.5) is 5.69 Å². The van der Waals surface area contributed by atoms with Crippen LogP contribution in [0.15, 0.2) is 54.1 Å². The maximum atomic E-state index is 12.9. The zero-order valence-electron chi connectivity index (χ0n) is 14.8. The summed E-state index contributed by atoms with van der Waals surface area (Å²) in [5.41, 5.74) is 1.00. The summed E-state index contributed by atoms with van der Waals surface area (Å²) in [4.78, 5) is 37.4. The van der Waals surface area contributed by atoms with Gasteiger partial charge in [0.2, 0.25) is 0 Å². The number of benzene rings is 2. The third-order valence-electron chi connectivity index (χ3n) is 3.98. The van der Waals surface area contributed by atoms with Gasteiger partial charge in [-0.3, -0.25) is 19.8 Å². The molecule has 2 amide bonds. The van der Waals surface area contributed by atoms with Gasteiger partial charge < -0.3 is 9.84 Å². The van der Waals surface area contributed by atoms with E-state index in [1.165, 1.54) is 30.3 Å². The molecule has 0 bridgehead atoms. The highest BCUT2D eigenvalue weighted by Crippen LogP contribution is 2.23. The zero-order valence-corrected chi connectivity index (χ0v) is 15.7. The topological polar surface area (TPSA) is 95.9 Å². The van der Waals surface area contributed by atoms with Crippen LogP contribution in [0.5, 0.6) is 5.75 Å². The monoisotopic (exact) mass is 396 g/mol. The standard InChI is InChI=1S/C20H16N2O5S/c1-2-27-15-9-3-12(4-10-15)11-16-17(23)21-20(28)22(18(16)24)14-7-5-13(6-8-14)19(25)26/h3-11H,2H2,1H3,(H,25,26)(H,21,23,28)/b16-11+. The molecule has 3 rings (SSSR count). The molecule has 0 saturated carbocycles. The molecule has 0 aliphatic carbocycles. The molecule has 1 saturated heterocycles. The molecule has 7 nitrogen and oxygen atoms in total. The number of aromatic carboxylic acids is 1. The van der Waals surface area contributed by atoms with E-state index < -0.39 is 17.8 Å². The first-order chi connectivity index (χ1) is 13.4. The van der Waals surface area contributed by atoms with Gasteiger partial charge in [0, 0.05) is 0 Å². The predicted octanol–water partition coefficient (Wildman–Crippen LogP) is 2.61. The van der Waals surface area contributed by atoms with Crippen molar-refractivity contribution in [3.63, 3.8) is 0 Å². The Labute approximate surface area is 166 Å². The van der Waals surface area contributed by atoms with Gasteiger partial charge >= 0.3 is 5.97 Å². The second-order valence-corrected chi connectivity index (χ2v) is 6.20. The van der Waals surface area contributed by atoms with Crippen LogP contribution in [0.2, 0.25) is 0 Å². The van der Waals surface area contributed by atoms with E-state index in [1.54, 1.807) is 24.3 Å². The van der Waals surface area contributed by atoms with Crippen LogP contribution in [-0.2, 0) is 9.59 Å². The lowest BCUT2D eigenvalue weighted by Gasteiger charge is -2.29. The lowest BCUT2D eigenvalue weighted by atomic mass is 10.1. The Bertz CT molecular complexity index is 981. The Morgan fingerprint density at radius 1 is 1.14 bits per heavy atom. The SMILES string of the molecule is CCOc1ccc(/C=C2\C(=O)NC(=S)N(c3ccc(C(=O)O)cc3)C2=O)cc1. The van der Waals surface area contributed by atoms with Crippen LogP contribution in [0.1, 0.15) is 22.8 Å². The average Bonchev–Trinajstić information content (AvgIpc) is 2.67. The Morgan fingerprint density at radius 3 is 2.36 bits per heavy atom. The van der Waals surface area contributed by atoms with Gasteiger partial charge in [0.25, 0.3) is 11.8 Å². The number of hydrogen-bond donors (Lipinski definition) is 2. The molecule has 0 atom stereocenters. The Hall–Kier alpha value is -3.52. The number of carbonyl (C=O) groups is 3. The first kappa shape index (κ1) is 19.2. The van der Waals surface area contributed by atoms with Crippen molar-refractivity contribution in [2.24, 2.45) is 0 Å². The number of nitrogens with one attached hydrogen (secondary N) is 1.